The fraction of sp³-hybridized carbons (Fsp3) is 0.118. The zero-order valence-corrected chi connectivity index (χ0v) is 14.4. The van der Waals surface area contributed by atoms with Crippen molar-refractivity contribution in [3.05, 3.63) is 69.0 Å². The van der Waals surface area contributed by atoms with Crippen LogP contribution < -0.4 is 11.4 Å². The highest BCUT2D eigenvalue weighted by molar-refractivity contribution is 5.80. The number of nitrogens with zero attached hydrogens (tertiary/aromatic N) is 4. The first-order chi connectivity index (χ1) is 13.4. The van der Waals surface area contributed by atoms with Gasteiger partial charge in [-0.1, -0.05) is 0 Å². The lowest BCUT2D eigenvalue weighted by molar-refractivity contribution is -0.384. The first-order valence-corrected chi connectivity index (χ1v) is 8.06. The second-order valence-corrected chi connectivity index (χ2v) is 5.63. The highest BCUT2D eigenvalue weighted by atomic mass is 16.6. The van der Waals surface area contributed by atoms with Crippen molar-refractivity contribution in [1.82, 2.24) is 9.24 Å². The zero-order valence-electron chi connectivity index (χ0n) is 14.4. The SMILES string of the molecule is NCCC(=O)n1c(O)cn(N=Cc2ccc(-c3ccc([N+](=O)[O-])cc3)o2)c1=O. The number of imidazole rings is 1. The van der Waals surface area contributed by atoms with Gasteiger partial charge in [0, 0.05) is 30.7 Å². The van der Waals surface area contributed by atoms with E-state index in [1.807, 2.05) is 0 Å². The van der Waals surface area contributed by atoms with Gasteiger partial charge in [-0.25, -0.2) is 4.79 Å². The van der Waals surface area contributed by atoms with E-state index in [4.69, 9.17) is 10.2 Å². The first kappa shape index (κ1) is 18.8. The number of nitro benzene ring substituents is 1. The van der Waals surface area contributed by atoms with Crippen LogP contribution in [0.4, 0.5) is 5.69 Å². The van der Waals surface area contributed by atoms with Gasteiger partial charge in [-0.15, -0.1) is 0 Å². The Morgan fingerprint density at radius 2 is 2.00 bits per heavy atom. The molecule has 0 aliphatic carbocycles. The van der Waals surface area contributed by atoms with Crippen LogP contribution >= 0.6 is 0 Å². The van der Waals surface area contributed by atoms with Crippen molar-refractivity contribution in [2.45, 2.75) is 6.42 Å². The van der Waals surface area contributed by atoms with E-state index >= 15 is 0 Å². The molecule has 11 nitrogen and oxygen atoms in total. The van der Waals surface area contributed by atoms with Gasteiger partial charge in [0.2, 0.25) is 11.8 Å². The third-order valence-electron chi connectivity index (χ3n) is 3.76. The van der Waals surface area contributed by atoms with Crippen LogP contribution in [0, 0.1) is 10.1 Å². The third kappa shape index (κ3) is 3.73. The lowest BCUT2D eigenvalue weighted by atomic mass is 10.1. The molecular formula is C17H15N5O6. The number of hydrogen-bond acceptors (Lipinski definition) is 8. The summed E-state index contributed by atoms with van der Waals surface area (Å²) >= 11 is 0. The molecule has 3 aromatic rings. The number of non-ortho nitro benzene ring substituents is 1. The molecule has 28 heavy (non-hydrogen) atoms. The molecule has 0 bridgehead atoms. The molecule has 2 aromatic heterocycles. The predicted octanol–water partition coefficient (Wildman–Crippen LogP) is 1.39. The molecule has 2 heterocycles. The molecule has 0 fully saturated rings. The fourth-order valence-corrected chi connectivity index (χ4v) is 2.42. The highest BCUT2D eigenvalue weighted by Crippen LogP contribution is 2.24. The van der Waals surface area contributed by atoms with Crippen molar-refractivity contribution in [2.24, 2.45) is 10.8 Å². The van der Waals surface area contributed by atoms with Crippen molar-refractivity contribution >= 4 is 17.8 Å². The maximum absolute atomic E-state index is 12.1. The molecular weight excluding hydrogens is 370 g/mol. The van der Waals surface area contributed by atoms with Crippen LogP contribution in [0.3, 0.4) is 0 Å². The van der Waals surface area contributed by atoms with E-state index in [0.717, 1.165) is 10.9 Å². The number of benzene rings is 1. The Labute approximate surface area is 157 Å². The maximum atomic E-state index is 12.1. The van der Waals surface area contributed by atoms with Gasteiger partial charge in [0.1, 0.15) is 11.5 Å². The van der Waals surface area contributed by atoms with Gasteiger partial charge in [-0.3, -0.25) is 14.9 Å². The Morgan fingerprint density at radius 1 is 1.29 bits per heavy atom. The smallest absolute Gasteiger partial charge is 0.358 e. The molecule has 0 aliphatic heterocycles. The van der Waals surface area contributed by atoms with E-state index in [-0.39, 0.29) is 18.7 Å². The van der Waals surface area contributed by atoms with Crippen LogP contribution in [0.15, 0.2) is 56.9 Å². The monoisotopic (exact) mass is 385 g/mol. The van der Waals surface area contributed by atoms with Gasteiger partial charge >= 0.3 is 5.69 Å². The quantitative estimate of drug-likeness (QED) is 0.368. The minimum absolute atomic E-state index is 0.0371. The average molecular weight is 385 g/mol. The lowest BCUT2D eigenvalue weighted by Crippen LogP contribution is -2.28. The summed E-state index contributed by atoms with van der Waals surface area (Å²) in [6, 6.07) is 9.03. The van der Waals surface area contributed by atoms with Gasteiger partial charge in [0.25, 0.3) is 5.69 Å². The van der Waals surface area contributed by atoms with Crippen LogP contribution in [0.1, 0.15) is 17.0 Å². The second kappa shape index (κ2) is 7.72. The summed E-state index contributed by atoms with van der Waals surface area (Å²) in [5, 5.41) is 24.3. The number of nitrogens with two attached hydrogens (primary N) is 1. The fourth-order valence-electron chi connectivity index (χ4n) is 2.42. The van der Waals surface area contributed by atoms with Gasteiger partial charge < -0.3 is 15.3 Å². The molecule has 0 aliphatic rings. The molecule has 0 saturated heterocycles. The first-order valence-electron chi connectivity index (χ1n) is 8.06. The normalized spacial score (nSPS) is 11.2. The van der Waals surface area contributed by atoms with Crippen LogP contribution in [-0.4, -0.2) is 37.9 Å². The Morgan fingerprint density at radius 3 is 2.64 bits per heavy atom. The maximum Gasteiger partial charge on any atom is 0.358 e. The molecule has 0 unspecified atom stereocenters. The molecule has 0 atom stereocenters. The summed E-state index contributed by atoms with van der Waals surface area (Å²) in [4.78, 5) is 34.1. The van der Waals surface area contributed by atoms with E-state index in [9.17, 15) is 24.8 Å². The molecule has 0 saturated carbocycles. The second-order valence-electron chi connectivity index (χ2n) is 5.63. The Kier molecular flexibility index (Phi) is 5.18. The molecule has 144 valence electrons. The van der Waals surface area contributed by atoms with E-state index in [0.29, 0.717) is 21.7 Å². The third-order valence-corrected chi connectivity index (χ3v) is 3.76. The number of aromatic hydroxyl groups is 1. The number of aromatic nitrogens is 2. The Hall–Kier alpha value is -3.99. The molecule has 0 spiro atoms. The summed E-state index contributed by atoms with van der Waals surface area (Å²) in [5.41, 5.74) is 5.03. The summed E-state index contributed by atoms with van der Waals surface area (Å²) in [6.07, 6.45) is 2.12. The molecule has 1 aromatic carbocycles. The van der Waals surface area contributed by atoms with Crippen molar-refractivity contribution in [3.8, 4) is 17.2 Å². The molecule has 11 heteroatoms. The zero-order chi connectivity index (χ0) is 20.3. The molecule has 0 radical (unpaired) electrons. The largest absolute Gasteiger partial charge is 0.493 e. The van der Waals surface area contributed by atoms with Gasteiger partial charge in [0.05, 0.1) is 17.3 Å². The van der Waals surface area contributed by atoms with E-state index in [2.05, 4.69) is 5.10 Å². The Balaban J connectivity index is 1.81. The van der Waals surface area contributed by atoms with Crippen LogP contribution in [0.2, 0.25) is 0 Å². The van der Waals surface area contributed by atoms with Gasteiger partial charge in [-0.05, 0) is 24.3 Å². The van der Waals surface area contributed by atoms with Gasteiger partial charge in [-0.2, -0.15) is 14.3 Å². The molecule has 3 N–H and O–H groups in total. The predicted molar refractivity (Wildman–Crippen MR) is 98.4 cm³/mol. The average Bonchev–Trinajstić information content (AvgIpc) is 3.24. The number of rotatable bonds is 6. The van der Waals surface area contributed by atoms with Gasteiger partial charge in [0.15, 0.2) is 0 Å². The minimum Gasteiger partial charge on any atom is -0.493 e. The number of carbonyl (C=O) groups excluding carboxylic acids is 1. The number of furan rings is 1. The minimum atomic E-state index is -0.839. The number of carbonyl (C=O) groups is 1. The van der Waals surface area contributed by atoms with Crippen LogP contribution in [-0.2, 0) is 0 Å². The summed E-state index contributed by atoms with van der Waals surface area (Å²) in [6.45, 7) is 0.0387. The van der Waals surface area contributed by atoms with Crippen molar-refractivity contribution < 1.29 is 19.2 Å². The summed E-state index contributed by atoms with van der Waals surface area (Å²) < 4.78 is 6.93. The summed E-state index contributed by atoms with van der Waals surface area (Å²) in [5.74, 6) is -0.452. The number of nitro groups is 1. The summed E-state index contributed by atoms with van der Waals surface area (Å²) in [7, 11) is 0. The lowest BCUT2D eigenvalue weighted by Gasteiger charge is -1.98. The number of hydrogen-bond donors (Lipinski definition) is 2. The van der Waals surface area contributed by atoms with E-state index in [1.165, 1.54) is 18.3 Å². The van der Waals surface area contributed by atoms with Crippen molar-refractivity contribution in [1.29, 1.82) is 0 Å². The van der Waals surface area contributed by atoms with Crippen molar-refractivity contribution in [3.63, 3.8) is 0 Å². The topological polar surface area (TPSA) is 159 Å². The van der Waals surface area contributed by atoms with E-state index in [1.54, 1.807) is 24.3 Å². The van der Waals surface area contributed by atoms with Crippen LogP contribution in [0.25, 0.3) is 11.3 Å². The highest BCUT2D eigenvalue weighted by Gasteiger charge is 2.16. The standard InChI is InChI=1S/C17H15N5O6/c18-8-7-15(23)21-16(24)10-20(17(21)25)19-9-13-5-6-14(28-13)11-1-3-12(4-2-11)22(26)27/h1-6,9-10,24H,7-8,18H2. The van der Waals surface area contributed by atoms with Crippen molar-refractivity contribution in [2.75, 3.05) is 6.54 Å². The van der Waals surface area contributed by atoms with E-state index < -0.39 is 22.4 Å². The molecule has 0 amide bonds. The Bertz CT molecular complexity index is 1110. The molecule has 3 rings (SSSR count). The van der Waals surface area contributed by atoms with Crippen LogP contribution in [0.5, 0.6) is 5.88 Å².